The zero-order chi connectivity index (χ0) is 13.0. The van der Waals surface area contributed by atoms with Crippen molar-refractivity contribution >= 4 is 0 Å². The van der Waals surface area contributed by atoms with E-state index in [4.69, 9.17) is 0 Å². The Hall–Kier alpha value is -1.75. The minimum absolute atomic E-state index is 0.204. The molecule has 5 heteroatoms. The lowest BCUT2D eigenvalue weighted by Gasteiger charge is -2.14. The van der Waals surface area contributed by atoms with E-state index >= 15 is 0 Å². The number of aryl methyl sites for hydroxylation is 2. The highest BCUT2D eigenvalue weighted by Crippen LogP contribution is 2.10. The van der Waals surface area contributed by atoms with E-state index in [0.29, 0.717) is 0 Å². The third kappa shape index (κ3) is 3.13. The Morgan fingerprint density at radius 3 is 2.72 bits per heavy atom. The van der Waals surface area contributed by atoms with Crippen LogP contribution < -0.4 is 5.32 Å². The molecular formula is C13H19N5. The molecule has 0 saturated heterocycles. The molecule has 0 aliphatic rings. The van der Waals surface area contributed by atoms with Crippen LogP contribution in [0.15, 0.2) is 24.8 Å². The van der Waals surface area contributed by atoms with E-state index in [9.17, 15) is 0 Å². The first-order chi connectivity index (χ1) is 8.66. The molecule has 1 atom stereocenters. The molecule has 2 rings (SSSR count). The molecule has 18 heavy (non-hydrogen) atoms. The molecule has 0 aromatic carbocycles. The lowest BCUT2D eigenvalue weighted by molar-refractivity contribution is 0.498. The van der Waals surface area contributed by atoms with Crippen LogP contribution in [0.2, 0.25) is 0 Å². The molecule has 0 amide bonds. The maximum absolute atomic E-state index is 4.36. The van der Waals surface area contributed by atoms with Crippen LogP contribution >= 0.6 is 0 Å². The van der Waals surface area contributed by atoms with Gasteiger partial charge in [0.25, 0.3) is 0 Å². The number of nitrogens with one attached hydrogen (secondary N) is 1. The van der Waals surface area contributed by atoms with Gasteiger partial charge in [0, 0.05) is 31.2 Å². The van der Waals surface area contributed by atoms with E-state index in [0.717, 1.165) is 24.5 Å². The van der Waals surface area contributed by atoms with Gasteiger partial charge in [-0.25, -0.2) is 0 Å². The average Bonchev–Trinajstić information content (AvgIpc) is 2.75. The third-order valence-corrected chi connectivity index (χ3v) is 2.88. The minimum atomic E-state index is 0.204. The van der Waals surface area contributed by atoms with Crippen LogP contribution in [0.25, 0.3) is 0 Å². The van der Waals surface area contributed by atoms with Gasteiger partial charge in [-0.3, -0.25) is 14.6 Å². The maximum Gasteiger partial charge on any atom is 0.0782 e. The van der Waals surface area contributed by atoms with Crippen LogP contribution in [-0.2, 0) is 6.54 Å². The van der Waals surface area contributed by atoms with Gasteiger partial charge in [0.1, 0.15) is 0 Å². The highest BCUT2D eigenvalue weighted by molar-refractivity contribution is 5.12. The molecule has 0 aliphatic carbocycles. The SMILES string of the molecule is Cc1cnn(CCNC(C)c2nccnc2C)c1. The molecule has 0 radical (unpaired) electrons. The van der Waals surface area contributed by atoms with E-state index in [2.05, 4.69) is 27.3 Å². The first kappa shape index (κ1) is 12.7. The first-order valence-electron chi connectivity index (χ1n) is 6.17. The van der Waals surface area contributed by atoms with Crippen molar-refractivity contribution in [2.75, 3.05) is 6.54 Å². The highest BCUT2D eigenvalue weighted by atomic mass is 15.3. The molecule has 0 aliphatic heterocycles. The smallest absolute Gasteiger partial charge is 0.0782 e. The Kier molecular flexibility index (Phi) is 4.04. The molecule has 0 spiro atoms. The van der Waals surface area contributed by atoms with Crippen LogP contribution in [0.5, 0.6) is 0 Å². The van der Waals surface area contributed by atoms with E-state index in [1.807, 2.05) is 30.9 Å². The van der Waals surface area contributed by atoms with Crippen LogP contribution in [0.3, 0.4) is 0 Å². The Bertz CT molecular complexity index is 506. The summed E-state index contributed by atoms with van der Waals surface area (Å²) >= 11 is 0. The summed E-state index contributed by atoms with van der Waals surface area (Å²) in [5.74, 6) is 0. The summed E-state index contributed by atoms with van der Waals surface area (Å²) in [6.07, 6.45) is 7.37. The second kappa shape index (κ2) is 5.73. The van der Waals surface area contributed by atoms with Crippen LogP contribution in [0, 0.1) is 13.8 Å². The number of nitrogens with zero attached hydrogens (tertiary/aromatic N) is 4. The van der Waals surface area contributed by atoms with Crippen molar-refractivity contribution in [2.45, 2.75) is 33.4 Å². The molecule has 0 fully saturated rings. The molecule has 1 N–H and O–H groups in total. The van der Waals surface area contributed by atoms with Gasteiger partial charge in [0.05, 0.1) is 24.1 Å². The van der Waals surface area contributed by atoms with Gasteiger partial charge >= 0.3 is 0 Å². The summed E-state index contributed by atoms with van der Waals surface area (Å²) in [5.41, 5.74) is 3.18. The fourth-order valence-electron chi connectivity index (χ4n) is 1.92. The molecule has 5 nitrogen and oxygen atoms in total. The zero-order valence-corrected chi connectivity index (χ0v) is 11.1. The summed E-state index contributed by atoms with van der Waals surface area (Å²) in [5, 5.41) is 7.69. The monoisotopic (exact) mass is 245 g/mol. The van der Waals surface area contributed by atoms with Crippen molar-refractivity contribution in [2.24, 2.45) is 0 Å². The second-order valence-electron chi connectivity index (χ2n) is 4.48. The quantitative estimate of drug-likeness (QED) is 0.870. The molecule has 2 heterocycles. The predicted molar refractivity (Wildman–Crippen MR) is 70.2 cm³/mol. The van der Waals surface area contributed by atoms with E-state index in [-0.39, 0.29) is 6.04 Å². The van der Waals surface area contributed by atoms with Crippen molar-refractivity contribution in [3.05, 3.63) is 41.7 Å². The first-order valence-corrected chi connectivity index (χ1v) is 6.17. The maximum atomic E-state index is 4.36. The summed E-state index contributed by atoms with van der Waals surface area (Å²) in [6.45, 7) is 7.85. The zero-order valence-electron chi connectivity index (χ0n) is 11.1. The largest absolute Gasteiger partial charge is 0.307 e. The number of hydrogen-bond acceptors (Lipinski definition) is 4. The lowest BCUT2D eigenvalue weighted by Crippen LogP contribution is -2.25. The molecule has 0 bridgehead atoms. The van der Waals surface area contributed by atoms with E-state index in [1.165, 1.54) is 5.56 Å². The molecule has 1 unspecified atom stereocenters. The molecule has 0 saturated carbocycles. The summed E-state index contributed by atoms with van der Waals surface area (Å²) in [7, 11) is 0. The summed E-state index contributed by atoms with van der Waals surface area (Å²) in [6, 6.07) is 0.204. The Balaban J connectivity index is 1.85. The van der Waals surface area contributed by atoms with Crippen LogP contribution in [0.4, 0.5) is 0 Å². The number of aromatic nitrogens is 4. The van der Waals surface area contributed by atoms with Gasteiger partial charge in [-0.05, 0) is 26.3 Å². The van der Waals surface area contributed by atoms with Gasteiger partial charge in [0.2, 0.25) is 0 Å². The van der Waals surface area contributed by atoms with E-state index < -0.39 is 0 Å². The van der Waals surface area contributed by atoms with Crippen LogP contribution in [-0.4, -0.2) is 26.3 Å². The minimum Gasteiger partial charge on any atom is -0.307 e. The summed E-state index contributed by atoms with van der Waals surface area (Å²) < 4.78 is 1.94. The standard InChI is InChI=1S/C13H19N5/c1-10-8-17-18(9-10)7-6-15-12(3)13-11(2)14-4-5-16-13/h4-5,8-9,12,15H,6-7H2,1-3H3. The Labute approximate surface area is 107 Å². The fourth-order valence-corrected chi connectivity index (χ4v) is 1.92. The van der Waals surface area contributed by atoms with Gasteiger partial charge < -0.3 is 5.32 Å². The van der Waals surface area contributed by atoms with Crippen molar-refractivity contribution < 1.29 is 0 Å². The van der Waals surface area contributed by atoms with Crippen molar-refractivity contribution in [3.63, 3.8) is 0 Å². The predicted octanol–water partition coefficient (Wildman–Crippen LogP) is 1.64. The fraction of sp³-hybridized carbons (Fsp3) is 0.462. The average molecular weight is 245 g/mol. The van der Waals surface area contributed by atoms with Gasteiger partial charge in [-0.2, -0.15) is 5.10 Å². The van der Waals surface area contributed by atoms with E-state index in [1.54, 1.807) is 12.4 Å². The number of rotatable bonds is 5. The lowest BCUT2D eigenvalue weighted by atomic mass is 10.2. The third-order valence-electron chi connectivity index (χ3n) is 2.88. The van der Waals surface area contributed by atoms with Gasteiger partial charge in [0.15, 0.2) is 0 Å². The van der Waals surface area contributed by atoms with Crippen LogP contribution in [0.1, 0.15) is 29.9 Å². The van der Waals surface area contributed by atoms with Gasteiger partial charge in [-0.15, -0.1) is 0 Å². The van der Waals surface area contributed by atoms with Crippen molar-refractivity contribution in [1.82, 2.24) is 25.1 Å². The highest BCUT2D eigenvalue weighted by Gasteiger charge is 2.09. The molecule has 96 valence electrons. The molecule has 2 aromatic rings. The molecular weight excluding hydrogens is 226 g/mol. The van der Waals surface area contributed by atoms with Crippen molar-refractivity contribution in [1.29, 1.82) is 0 Å². The van der Waals surface area contributed by atoms with Gasteiger partial charge in [-0.1, -0.05) is 0 Å². The van der Waals surface area contributed by atoms with Crippen molar-refractivity contribution in [3.8, 4) is 0 Å². The Morgan fingerprint density at radius 2 is 2.06 bits per heavy atom. The number of hydrogen-bond donors (Lipinski definition) is 1. The summed E-state index contributed by atoms with van der Waals surface area (Å²) in [4.78, 5) is 8.61. The second-order valence-corrected chi connectivity index (χ2v) is 4.48. The topological polar surface area (TPSA) is 55.6 Å². The Morgan fingerprint density at radius 1 is 1.28 bits per heavy atom. The molecule has 2 aromatic heterocycles. The normalized spacial score (nSPS) is 12.6.